The number of thioether (sulfide) groups is 1. The van der Waals surface area contributed by atoms with Crippen LogP contribution in [-0.4, -0.2) is 22.2 Å². The molecular weight excluding hydrogens is 224 g/mol. The van der Waals surface area contributed by atoms with Crippen LogP contribution in [0.1, 0.15) is 13.3 Å². The number of rotatable bonds is 3. The molecule has 1 rings (SSSR count). The first-order valence-corrected chi connectivity index (χ1v) is 5.54. The van der Waals surface area contributed by atoms with E-state index < -0.39 is 0 Å². The summed E-state index contributed by atoms with van der Waals surface area (Å²) in [6.45, 7) is 1.70. The molecule has 0 spiro atoms. The summed E-state index contributed by atoms with van der Waals surface area (Å²) in [4.78, 5) is 18.8. The minimum Gasteiger partial charge on any atom is -0.422 e. The SMILES string of the molecule is CCC(=O)Oc1cnc(SC)nc1Cl. The van der Waals surface area contributed by atoms with Gasteiger partial charge in [0.1, 0.15) is 0 Å². The molecule has 0 bridgehead atoms. The number of carbonyl (C=O) groups excluding carboxylic acids is 1. The molecule has 0 radical (unpaired) electrons. The molecule has 0 atom stereocenters. The lowest BCUT2D eigenvalue weighted by molar-refractivity contribution is -0.134. The van der Waals surface area contributed by atoms with Crippen molar-refractivity contribution >= 4 is 29.3 Å². The molecule has 1 heterocycles. The van der Waals surface area contributed by atoms with Gasteiger partial charge in [0.05, 0.1) is 6.20 Å². The largest absolute Gasteiger partial charge is 0.422 e. The Bertz CT molecular complexity index is 346. The molecule has 0 aliphatic heterocycles. The van der Waals surface area contributed by atoms with Crippen molar-refractivity contribution in [1.82, 2.24) is 9.97 Å². The highest BCUT2D eigenvalue weighted by atomic mass is 35.5. The molecule has 6 heteroatoms. The van der Waals surface area contributed by atoms with E-state index in [1.165, 1.54) is 18.0 Å². The van der Waals surface area contributed by atoms with Gasteiger partial charge >= 0.3 is 5.97 Å². The van der Waals surface area contributed by atoms with Crippen molar-refractivity contribution in [2.24, 2.45) is 0 Å². The summed E-state index contributed by atoms with van der Waals surface area (Å²) in [7, 11) is 0. The molecule has 0 aliphatic rings. The van der Waals surface area contributed by atoms with Crippen LogP contribution in [0.2, 0.25) is 5.15 Å². The van der Waals surface area contributed by atoms with Gasteiger partial charge in [-0.1, -0.05) is 30.3 Å². The second-order valence-electron chi connectivity index (χ2n) is 2.34. The van der Waals surface area contributed by atoms with Crippen LogP contribution >= 0.6 is 23.4 Å². The Morgan fingerprint density at radius 3 is 2.93 bits per heavy atom. The Balaban J connectivity index is 2.83. The van der Waals surface area contributed by atoms with Gasteiger partial charge < -0.3 is 4.74 Å². The van der Waals surface area contributed by atoms with Gasteiger partial charge in [0.15, 0.2) is 16.1 Å². The lowest BCUT2D eigenvalue weighted by Crippen LogP contribution is -2.06. The third-order valence-corrected chi connectivity index (χ3v) is 2.22. The van der Waals surface area contributed by atoms with Crippen molar-refractivity contribution in [1.29, 1.82) is 0 Å². The van der Waals surface area contributed by atoms with Crippen molar-refractivity contribution in [3.63, 3.8) is 0 Å². The molecule has 14 heavy (non-hydrogen) atoms. The molecule has 4 nitrogen and oxygen atoms in total. The van der Waals surface area contributed by atoms with Crippen LogP contribution < -0.4 is 4.74 Å². The number of nitrogens with zero attached hydrogens (tertiary/aromatic N) is 2. The van der Waals surface area contributed by atoms with E-state index >= 15 is 0 Å². The normalized spacial score (nSPS) is 9.93. The fraction of sp³-hybridized carbons (Fsp3) is 0.375. The minimum absolute atomic E-state index is 0.158. The second kappa shape index (κ2) is 5.17. The van der Waals surface area contributed by atoms with E-state index in [1.807, 2.05) is 6.26 Å². The standard InChI is InChI=1S/C8H9ClN2O2S/c1-3-6(12)13-5-4-10-8(14-2)11-7(5)9/h4H,3H2,1-2H3. The van der Waals surface area contributed by atoms with Crippen LogP contribution in [0.4, 0.5) is 0 Å². The predicted octanol–water partition coefficient (Wildman–Crippen LogP) is 2.17. The number of ether oxygens (including phenoxy) is 1. The summed E-state index contributed by atoms with van der Waals surface area (Å²) in [6.07, 6.45) is 3.53. The highest BCUT2D eigenvalue weighted by Gasteiger charge is 2.09. The topological polar surface area (TPSA) is 52.1 Å². The number of hydrogen-bond acceptors (Lipinski definition) is 5. The average Bonchev–Trinajstić information content (AvgIpc) is 2.20. The van der Waals surface area contributed by atoms with E-state index in [2.05, 4.69) is 9.97 Å². The molecule has 76 valence electrons. The van der Waals surface area contributed by atoms with E-state index in [0.29, 0.717) is 11.6 Å². The van der Waals surface area contributed by atoms with Crippen molar-refractivity contribution in [2.45, 2.75) is 18.5 Å². The number of esters is 1. The molecule has 0 saturated heterocycles. The quantitative estimate of drug-likeness (QED) is 0.346. The van der Waals surface area contributed by atoms with E-state index in [9.17, 15) is 4.79 Å². The van der Waals surface area contributed by atoms with Crippen LogP contribution in [0.5, 0.6) is 5.75 Å². The first-order chi connectivity index (χ1) is 6.67. The van der Waals surface area contributed by atoms with Crippen LogP contribution in [0.3, 0.4) is 0 Å². The summed E-state index contributed by atoms with van der Waals surface area (Å²) < 4.78 is 4.89. The Kier molecular flexibility index (Phi) is 4.16. The number of hydrogen-bond donors (Lipinski definition) is 0. The molecule has 0 amide bonds. The second-order valence-corrected chi connectivity index (χ2v) is 3.47. The van der Waals surface area contributed by atoms with Crippen LogP contribution in [0.25, 0.3) is 0 Å². The van der Waals surface area contributed by atoms with Gasteiger partial charge in [0.2, 0.25) is 0 Å². The summed E-state index contributed by atoms with van der Waals surface area (Å²) in [6, 6.07) is 0. The maximum absolute atomic E-state index is 10.9. The first kappa shape index (κ1) is 11.3. The molecular formula is C8H9ClN2O2S. The molecule has 1 aromatic rings. The zero-order valence-corrected chi connectivity index (χ0v) is 9.35. The Morgan fingerprint density at radius 1 is 1.71 bits per heavy atom. The summed E-state index contributed by atoms with van der Waals surface area (Å²) in [5.41, 5.74) is 0. The van der Waals surface area contributed by atoms with E-state index in [0.717, 1.165) is 0 Å². The Labute approximate surface area is 91.0 Å². The van der Waals surface area contributed by atoms with E-state index in [1.54, 1.807) is 6.92 Å². The molecule has 0 aliphatic carbocycles. The average molecular weight is 233 g/mol. The molecule has 0 aromatic carbocycles. The van der Waals surface area contributed by atoms with E-state index in [-0.39, 0.29) is 16.9 Å². The number of carbonyl (C=O) groups is 1. The van der Waals surface area contributed by atoms with Gasteiger partial charge in [-0.05, 0) is 6.26 Å². The van der Waals surface area contributed by atoms with Crippen molar-refractivity contribution < 1.29 is 9.53 Å². The van der Waals surface area contributed by atoms with Gasteiger partial charge in [-0.15, -0.1) is 0 Å². The molecule has 0 unspecified atom stereocenters. The molecule has 1 aromatic heterocycles. The van der Waals surface area contributed by atoms with Crippen LogP contribution in [0, 0.1) is 0 Å². The monoisotopic (exact) mass is 232 g/mol. The third-order valence-electron chi connectivity index (χ3n) is 1.38. The van der Waals surface area contributed by atoms with Gasteiger partial charge in [0, 0.05) is 6.42 Å². The summed E-state index contributed by atoms with van der Waals surface area (Å²) in [5.74, 6) is -0.149. The van der Waals surface area contributed by atoms with Crippen molar-refractivity contribution in [3.8, 4) is 5.75 Å². The summed E-state index contributed by atoms with van der Waals surface area (Å²) >= 11 is 7.14. The number of aromatic nitrogens is 2. The highest BCUT2D eigenvalue weighted by Crippen LogP contribution is 2.23. The maximum Gasteiger partial charge on any atom is 0.311 e. The van der Waals surface area contributed by atoms with Gasteiger partial charge in [-0.3, -0.25) is 4.79 Å². The van der Waals surface area contributed by atoms with E-state index in [4.69, 9.17) is 16.3 Å². The van der Waals surface area contributed by atoms with Crippen LogP contribution in [-0.2, 0) is 4.79 Å². The Hall–Kier alpha value is -0.810. The molecule has 0 fully saturated rings. The zero-order chi connectivity index (χ0) is 10.6. The smallest absolute Gasteiger partial charge is 0.311 e. The molecule has 0 N–H and O–H groups in total. The zero-order valence-electron chi connectivity index (χ0n) is 7.78. The van der Waals surface area contributed by atoms with Crippen molar-refractivity contribution in [3.05, 3.63) is 11.3 Å². The van der Waals surface area contributed by atoms with Gasteiger partial charge in [0.25, 0.3) is 0 Å². The third kappa shape index (κ3) is 2.85. The van der Waals surface area contributed by atoms with Gasteiger partial charge in [-0.2, -0.15) is 0 Å². The fourth-order valence-corrected chi connectivity index (χ4v) is 1.25. The fourth-order valence-electron chi connectivity index (χ4n) is 0.697. The minimum atomic E-state index is -0.354. The van der Waals surface area contributed by atoms with Crippen LogP contribution in [0.15, 0.2) is 11.4 Å². The maximum atomic E-state index is 10.9. The Morgan fingerprint density at radius 2 is 2.43 bits per heavy atom. The summed E-state index contributed by atoms with van der Waals surface area (Å²) in [5, 5.41) is 0.706. The lowest BCUT2D eigenvalue weighted by Gasteiger charge is -2.03. The highest BCUT2D eigenvalue weighted by molar-refractivity contribution is 7.98. The predicted molar refractivity (Wildman–Crippen MR) is 54.7 cm³/mol. The lowest BCUT2D eigenvalue weighted by atomic mass is 10.5. The first-order valence-electron chi connectivity index (χ1n) is 3.94. The molecule has 0 saturated carbocycles. The van der Waals surface area contributed by atoms with Crippen molar-refractivity contribution in [2.75, 3.05) is 6.26 Å². The van der Waals surface area contributed by atoms with Gasteiger partial charge in [-0.25, -0.2) is 9.97 Å². The number of halogens is 1.